The molecule has 15 heavy (non-hydrogen) atoms. The van der Waals surface area contributed by atoms with Gasteiger partial charge in [-0.15, -0.1) is 0 Å². The smallest absolute Gasteiger partial charge is 0.164 e. The molecule has 0 aliphatic carbocycles. The minimum atomic E-state index is 0.0277. The van der Waals surface area contributed by atoms with E-state index < -0.39 is 0 Å². The molecule has 0 bridgehead atoms. The average molecular weight is 273 g/mol. The summed E-state index contributed by atoms with van der Waals surface area (Å²) in [5, 5.41) is 0.878. The van der Waals surface area contributed by atoms with E-state index in [1.54, 1.807) is 14.2 Å². The Hall–Kier alpha value is -0.700. The minimum Gasteiger partial charge on any atom is -0.493 e. The topological polar surface area (TPSA) is 18.5 Å². The van der Waals surface area contributed by atoms with Crippen molar-refractivity contribution in [1.82, 2.24) is 0 Å². The van der Waals surface area contributed by atoms with E-state index >= 15 is 0 Å². The number of ether oxygens (including phenoxy) is 2. The van der Waals surface area contributed by atoms with Crippen LogP contribution in [0.3, 0.4) is 0 Å². The first-order valence-corrected chi connectivity index (χ1v) is 5.96. The lowest BCUT2D eigenvalue weighted by molar-refractivity contribution is 0.345. The van der Waals surface area contributed by atoms with E-state index in [9.17, 15) is 0 Å². The first-order valence-electron chi connectivity index (χ1n) is 4.84. The van der Waals surface area contributed by atoms with Crippen LogP contribution in [0.4, 0.5) is 0 Å². The number of benzene rings is 1. The highest BCUT2D eigenvalue weighted by Gasteiger charge is 2.24. The Balaban J connectivity index is 3.29. The van der Waals surface area contributed by atoms with Crippen LogP contribution in [0, 0.1) is 0 Å². The Labute approximate surface area is 99.7 Å². The molecule has 2 nitrogen and oxygen atoms in total. The van der Waals surface area contributed by atoms with Crippen LogP contribution in [0.2, 0.25) is 0 Å². The normalized spacial score (nSPS) is 11.3. The molecule has 84 valence electrons. The Morgan fingerprint density at radius 1 is 1.20 bits per heavy atom. The Morgan fingerprint density at radius 2 is 1.87 bits per heavy atom. The van der Waals surface area contributed by atoms with Gasteiger partial charge in [0, 0.05) is 16.3 Å². The van der Waals surface area contributed by atoms with Gasteiger partial charge in [0.2, 0.25) is 0 Å². The second kappa shape index (κ2) is 4.88. The zero-order valence-corrected chi connectivity index (χ0v) is 11.2. The quantitative estimate of drug-likeness (QED) is 0.783. The highest BCUT2D eigenvalue weighted by Crippen LogP contribution is 2.38. The molecule has 0 N–H and O–H groups in total. The molecule has 1 aromatic rings. The van der Waals surface area contributed by atoms with Gasteiger partial charge < -0.3 is 9.47 Å². The number of hydrogen-bond acceptors (Lipinski definition) is 2. The highest BCUT2D eigenvalue weighted by atomic mass is 79.9. The van der Waals surface area contributed by atoms with E-state index in [1.165, 1.54) is 0 Å². The van der Waals surface area contributed by atoms with E-state index in [4.69, 9.17) is 9.47 Å². The van der Waals surface area contributed by atoms with Crippen molar-refractivity contribution < 1.29 is 9.47 Å². The van der Waals surface area contributed by atoms with E-state index in [-0.39, 0.29) is 5.41 Å². The second-order valence-electron chi connectivity index (χ2n) is 4.06. The Bertz CT molecular complexity index is 334. The van der Waals surface area contributed by atoms with Gasteiger partial charge in [-0.2, -0.15) is 0 Å². The molecular formula is C12H17BrO2. The molecule has 0 saturated carbocycles. The molecule has 0 aliphatic rings. The average Bonchev–Trinajstić information content (AvgIpc) is 2.27. The summed E-state index contributed by atoms with van der Waals surface area (Å²) in [5.41, 5.74) is 1.18. The summed E-state index contributed by atoms with van der Waals surface area (Å²) in [6.07, 6.45) is 0. The fraction of sp³-hybridized carbons (Fsp3) is 0.500. The maximum atomic E-state index is 5.41. The van der Waals surface area contributed by atoms with Crippen LogP contribution in [-0.2, 0) is 5.41 Å². The summed E-state index contributed by atoms with van der Waals surface area (Å²) in [4.78, 5) is 0. The fourth-order valence-corrected chi connectivity index (χ4v) is 1.79. The molecular weight excluding hydrogens is 256 g/mol. The van der Waals surface area contributed by atoms with Crippen LogP contribution in [0.25, 0.3) is 0 Å². The number of methoxy groups -OCH3 is 2. The number of rotatable bonds is 4. The molecule has 0 amide bonds. The van der Waals surface area contributed by atoms with Crippen LogP contribution in [0.15, 0.2) is 18.2 Å². The molecule has 0 aromatic heterocycles. The number of para-hydroxylation sites is 1. The molecule has 1 aromatic carbocycles. The van der Waals surface area contributed by atoms with Crippen molar-refractivity contribution in [2.75, 3.05) is 19.5 Å². The lowest BCUT2D eigenvalue weighted by Crippen LogP contribution is -2.20. The summed E-state index contributed by atoms with van der Waals surface area (Å²) in [7, 11) is 3.33. The molecule has 0 atom stereocenters. The number of alkyl halides is 1. The molecule has 0 radical (unpaired) electrons. The van der Waals surface area contributed by atoms with Gasteiger partial charge in [-0.3, -0.25) is 0 Å². The maximum absolute atomic E-state index is 5.41. The largest absolute Gasteiger partial charge is 0.493 e. The second-order valence-corrected chi connectivity index (χ2v) is 4.62. The molecule has 3 heteroatoms. The van der Waals surface area contributed by atoms with Crippen molar-refractivity contribution in [2.24, 2.45) is 0 Å². The first kappa shape index (κ1) is 12.4. The first-order chi connectivity index (χ1) is 7.06. The maximum Gasteiger partial charge on any atom is 0.164 e. The van der Waals surface area contributed by atoms with E-state index in [0.29, 0.717) is 0 Å². The summed E-state index contributed by atoms with van der Waals surface area (Å²) in [6.45, 7) is 4.33. The van der Waals surface area contributed by atoms with Gasteiger partial charge in [-0.1, -0.05) is 41.9 Å². The van der Waals surface area contributed by atoms with Crippen LogP contribution in [0.5, 0.6) is 11.5 Å². The van der Waals surface area contributed by atoms with Crippen LogP contribution in [-0.4, -0.2) is 19.5 Å². The van der Waals surface area contributed by atoms with Gasteiger partial charge in [0.05, 0.1) is 14.2 Å². The zero-order valence-electron chi connectivity index (χ0n) is 9.63. The monoisotopic (exact) mass is 272 g/mol. The highest BCUT2D eigenvalue weighted by molar-refractivity contribution is 9.09. The molecule has 0 saturated heterocycles. The zero-order chi connectivity index (χ0) is 11.5. The van der Waals surface area contributed by atoms with Crippen LogP contribution in [0.1, 0.15) is 19.4 Å². The summed E-state index contributed by atoms with van der Waals surface area (Å²) >= 11 is 3.52. The van der Waals surface area contributed by atoms with Crippen LogP contribution < -0.4 is 9.47 Å². The van der Waals surface area contributed by atoms with E-state index in [0.717, 1.165) is 22.4 Å². The van der Waals surface area contributed by atoms with Crippen molar-refractivity contribution in [2.45, 2.75) is 19.3 Å². The standard InChI is InChI=1S/C12H17BrO2/c1-12(2,8-13)9-6-5-7-10(14-3)11(9)15-4/h5-7H,8H2,1-4H3. The lowest BCUT2D eigenvalue weighted by atomic mass is 9.86. The van der Waals surface area contributed by atoms with Crippen molar-refractivity contribution in [3.8, 4) is 11.5 Å². The third kappa shape index (κ3) is 2.46. The lowest BCUT2D eigenvalue weighted by Gasteiger charge is -2.25. The molecule has 0 spiro atoms. The molecule has 0 fully saturated rings. The van der Waals surface area contributed by atoms with Gasteiger partial charge in [-0.05, 0) is 6.07 Å². The SMILES string of the molecule is COc1cccc(C(C)(C)CBr)c1OC. The van der Waals surface area contributed by atoms with Gasteiger partial charge in [0.15, 0.2) is 11.5 Å². The fourth-order valence-electron chi connectivity index (χ4n) is 1.49. The summed E-state index contributed by atoms with van der Waals surface area (Å²) < 4.78 is 10.7. The van der Waals surface area contributed by atoms with Crippen molar-refractivity contribution in [3.05, 3.63) is 23.8 Å². The van der Waals surface area contributed by atoms with Gasteiger partial charge in [-0.25, -0.2) is 0 Å². The van der Waals surface area contributed by atoms with Gasteiger partial charge in [0.1, 0.15) is 0 Å². The minimum absolute atomic E-state index is 0.0277. The van der Waals surface area contributed by atoms with Crippen LogP contribution >= 0.6 is 15.9 Å². The van der Waals surface area contributed by atoms with E-state index in [2.05, 4.69) is 35.8 Å². The molecule has 0 unspecified atom stereocenters. The third-order valence-electron chi connectivity index (χ3n) is 2.47. The number of hydrogen-bond donors (Lipinski definition) is 0. The molecule has 1 rings (SSSR count). The number of halogens is 1. The molecule has 0 heterocycles. The predicted octanol–water partition coefficient (Wildman–Crippen LogP) is 3.38. The van der Waals surface area contributed by atoms with Gasteiger partial charge in [0.25, 0.3) is 0 Å². The summed E-state index contributed by atoms with van der Waals surface area (Å²) in [6, 6.07) is 5.97. The Kier molecular flexibility index (Phi) is 4.03. The van der Waals surface area contributed by atoms with Gasteiger partial charge >= 0.3 is 0 Å². The molecule has 0 aliphatic heterocycles. The Morgan fingerprint density at radius 3 is 2.33 bits per heavy atom. The third-order valence-corrected chi connectivity index (χ3v) is 3.87. The summed E-state index contributed by atoms with van der Waals surface area (Å²) in [5.74, 6) is 1.61. The van der Waals surface area contributed by atoms with Crippen molar-refractivity contribution >= 4 is 15.9 Å². The predicted molar refractivity (Wildman–Crippen MR) is 66.4 cm³/mol. The van der Waals surface area contributed by atoms with Crippen molar-refractivity contribution in [1.29, 1.82) is 0 Å². The van der Waals surface area contributed by atoms with E-state index in [1.807, 2.05) is 12.1 Å². The van der Waals surface area contributed by atoms with Crippen molar-refractivity contribution in [3.63, 3.8) is 0 Å².